The van der Waals surface area contributed by atoms with Gasteiger partial charge in [0.15, 0.2) is 0 Å². The number of fused-ring (bicyclic) bond motifs is 1. The van der Waals surface area contributed by atoms with Gasteiger partial charge in [-0.1, -0.05) is 48.9 Å². The first-order valence-corrected chi connectivity index (χ1v) is 9.59. The fraction of sp³-hybridized carbons (Fsp3) is 0.286. The van der Waals surface area contributed by atoms with Gasteiger partial charge in [-0.05, 0) is 37.2 Å². The minimum atomic E-state index is -0.196. The number of amides is 1. The van der Waals surface area contributed by atoms with Crippen molar-refractivity contribution in [2.45, 2.75) is 26.4 Å². The number of carbonyl (C=O) groups is 1. The van der Waals surface area contributed by atoms with Gasteiger partial charge < -0.3 is 10.3 Å². The number of hydrogen-bond acceptors (Lipinski definition) is 4. The van der Waals surface area contributed by atoms with Gasteiger partial charge in [-0.2, -0.15) is 0 Å². The van der Waals surface area contributed by atoms with Crippen molar-refractivity contribution in [2.75, 3.05) is 13.1 Å². The van der Waals surface area contributed by atoms with Gasteiger partial charge in [0.1, 0.15) is 5.82 Å². The smallest absolute Gasteiger partial charge is 0.258 e. The molecule has 28 heavy (non-hydrogen) atoms. The quantitative estimate of drug-likeness (QED) is 0.640. The Hall–Kier alpha value is -2.70. The van der Waals surface area contributed by atoms with Crippen molar-refractivity contribution < 1.29 is 4.79 Å². The maximum atomic E-state index is 12.5. The molecule has 1 aromatic heterocycles. The summed E-state index contributed by atoms with van der Waals surface area (Å²) < 4.78 is 0. The van der Waals surface area contributed by atoms with Crippen molar-refractivity contribution in [3.63, 3.8) is 0 Å². The number of rotatable bonds is 7. The minimum absolute atomic E-state index is 0.114. The molecule has 0 radical (unpaired) electrons. The van der Waals surface area contributed by atoms with E-state index in [1.54, 1.807) is 12.1 Å². The van der Waals surface area contributed by atoms with Crippen LogP contribution in [0.3, 0.4) is 0 Å². The molecule has 0 fully saturated rings. The summed E-state index contributed by atoms with van der Waals surface area (Å²) >= 11 is 6.20. The van der Waals surface area contributed by atoms with Gasteiger partial charge in [0, 0.05) is 5.02 Å². The van der Waals surface area contributed by atoms with E-state index in [0.717, 1.165) is 5.56 Å². The molecule has 0 saturated carbocycles. The summed E-state index contributed by atoms with van der Waals surface area (Å²) in [6, 6.07) is 14.5. The highest BCUT2D eigenvalue weighted by molar-refractivity contribution is 6.31. The molecule has 1 heterocycles. The summed E-state index contributed by atoms with van der Waals surface area (Å²) in [4.78, 5) is 33.9. The topological polar surface area (TPSA) is 78.1 Å². The number of likely N-dealkylation sites (N-methyl/N-ethyl adjacent to an activating group) is 1. The van der Waals surface area contributed by atoms with Crippen LogP contribution in [0.4, 0.5) is 0 Å². The Balaban J connectivity index is 1.66. The second-order valence-corrected chi connectivity index (χ2v) is 7.05. The zero-order valence-corrected chi connectivity index (χ0v) is 16.7. The molecule has 6 nitrogen and oxygen atoms in total. The summed E-state index contributed by atoms with van der Waals surface area (Å²) in [7, 11) is 0. The van der Waals surface area contributed by atoms with Crippen molar-refractivity contribution in [3.05, 3.63) is 75.3 Å². The average molecular weight is 399 g/mol. The van der Waals surface area contributed by atoms with Gasteiger partial charge in [-0.25, -0.2) is 4.98 Å². The zero-order valence-electron chi connectivity index (χ0n) is 15.9. The first-order valence-electron chi connectivity index (χ1n) is 9.22. The first-order chi connectivity index (χ1) is 13.5. The molecule has 0 aliphatic heterocycles. The van der Waals surface area contributed by atoms with Crippen molar-refractivity contribution in [2.24, 2.45) is 0 Å². The van der Waals surface area contributed by atoms with E-state index in [4.69, 9.17) is 11.6 Å². The molecule has 0 saturated heterocycles. The van der Waals surface area contributed by atoms with Crippen molar-refractivity contribution in [1.82, 2.24) is 20.2 Å². The number of aromatic amines is 1. The summed E-state index contributed by atoms with van der Waals surface area (Å²) in [6.45, 7) is 5.08. The highest BCUT2D eigenvalue weighted by Crippen LogP contribution is 2.22. The van der Waals surface area contributed by atoms with Crippen LogP contribution >= 0.6 is 11.6 Å². The number of carbonyl (C=O) groups excluding carboxylic acids is 1. The minimum Gasteiger partial charge on any atom is -0.348 e. The Morgan fingerprint density at radius 3 is 2.68 bits per heavy atom. The van der Waals surface area contributed by atoms with Gasteiger partial charge in [-0.3, -0.25) is 14.5 Å². The molecule has 0 bridgehead atoms. The van der Waals surface area contributed by atoms with Crippen LogP contribution in [0.1, 0.15) is 31.3 Å². The molecule has 7 heteroatoms. The zero-order chi connectivity index (χ0) is 20.1. The van der Waals surface area contributed by atoms with E-state index < -0.39 is 0 Å². The SMILES string of the molecule is CCN(CC(=O)N[C@@H](C)c1ccccc1Cl)Cc1nc2ccccc2c(=O)[nH]1. The molecule has 0 spiro atoms. The average Bonchev–Trinajstić information content (AvgIpc) is 2.67. The fourth-order valence-corrected chi connectivity index (χ4v) is 3.39. The van der Waals surface area contributed by atoms with E-state index in [-0.39, 0.29) is 24.1 Å². The molecule has 0 aliphatic carbocycles. The fourth-order valence-electron chi connectivity index (χ4n) is 3.10. The van der Waals surface area contributed by atoms with Crippen LogP contribution in [0.5, 0.6) is 0 Å². The number of hydrogen-bond donors (Lipinski definition) is 2. The van der Waals surface area contributed by atoms with Crippen LogP contribution in [0.2, 0.25) is 5.02 Å². The predicted molar refractivity (Wildman–Crippen MR) is 111 cm³/mol. The maximum Gasteiger partial charge on any atom is 0.258 e. The highest BCUT2D eigenvalue weighted by Gasteiger charge is 2.16. The number of nitrogens with one attached hydrogen (secondary N) is 2. The Morgan fingerprint density at radius 1 is 1.21 bits per heavy atom. The third-order valence-corrected chi connectivity index (χ3v) is 4.94. The number of nitrogens with zero attached hydrogens (tertiary/aromatic N) is 2. The van der Waals surface area contributed by atoms with Gasteiger partial charge in [0.25, 0.3) is 5.56 Å². The highest BCUT2D eigenvalue weighted by atomic mass is 35.5. The standard InChI is InChI=1S/C21H23ClN4O2/c1-3-26(12-19-24-18-11-7-5-9-16(18)21(28)25-19)13-20(27)23-14(2)15-8-4-6-10-17(15)22/h4-11,14H,3,12-13H2,1-2H3,(H,23,27)(H,24,25,28)/t14-/m0/s1. The largest absolute Gasteiger partial charge is 0.348 e. The molecule has 0 aliphatic rings. The van der Waals surface area contributed by atoms with Crippen LogP contribution in [0, 0.1) is 0 Å². The van der Waals surface area contributed by atoms with E-state index >= 15 is 0 Å². The van der Waals surface area contributed by atoms with Crippen LogP contribution in [-0.2, 0) is 11.3 Å². The van der Waals surface area contributed by atoms with Crippen molar-refractivity contribution in [3.8, 4) is 0 Å². The van der Waals surface area contributed by atoms with E-state index in [1.807, 2.05) is 55.1 Å². The lowest BCUT2D eigenvalue weighted by molar-refractivity contribution is -0.123. The predicted octanol–water partition coefficient (Wildman–Crippen LogP) is 3.28. The Morgan fingerprint density at radius 2 is 1.93 bits per heavy atom. The normalized spacial score (nSPS) is 12.3. The Bertz CT molecular complexity index is 1030. The molecular weight excluding hydrogens is 376 g/mol. The van der Waals surface area contributed by atoms with E-state index in [0.29, 0.717) is 34.8 Å². The molecule has 1 amide bonds. The molecule has 0 unspecified atom stereocenters. The number of benzene rings is 2. The second kappa shape index (κ2) is 8.99. The lowest BCUT2D eigenvalue weighted by Gasteiger charge is -2.21. The monoisotopic (exact) mass is 398 g/mol. The Labute approximate surface area is 168 Å². The lowest BCUT2D eigenvalue weighted by Crippen LogP contribution is -2.38. The third-order valence-electron chi connectivity index (χ3n) is 4.60. The first kappa shape index (κ1) is 20.0. The van der Waals surface area contributed by atoms with Crippen LogP contribution in [0.15, 0.2) is 53.3 Å². The van der Waals surface area contributed by atoms with E-state index in [9.17, 15) is 9.59 Å². The van der Waals surface area contributed by atoms with Gasteiger partial charge in [0.05, 0.1) is 30.0 Å². The summed E-state index contributed by atoms with van der Waals surface area (Å²) in [6.07, 6.45) is 0. The molecule has 146 valence electrons. The number of para-hydroxylation sites is 1. The lowest BCUT2D eigenvalue weighted by atomic mass is 10.1. The van der Waals surface area contributed by atoms with Crippen molar-refractivity contribution >= 4 is 28.4 Å². The Kier molecular flexibility index (Phi) is 6.44. The van der Waals surface area contributed by atoms with Gasteiger partial charge in [-0.15, -0.1) is 0 Å². The van der Waals surface area contributed by atoms with Crippen molar-refractivity contribution in [1.29, 1.82) is 0 Å². The van der Waals surface area contributed by atoms with Gasteiger partial charge >= 0.3 is 0 Å². The molecule has 3 aromatic rings. The molecule has 1 atom stereocenters. The number of H-pyrrole nitrogens is 1. The van der Waals surface area contributed by atoms with Crippen LogP contribution in [-0.4, -0.2) is 33.9 Å². The second-order valence-electron chi connectivity index (χ2n) is 6.64. The summed E-state index contributed by atoms with van der Waals surface area (Å²) in [5.74, 6) is 0.426. The summed E-state index contributed by atoms with van der Waals surface area (Å²) in [5, 5.41) is 4.15. The number of halogens is 1. The summed E-state index contributed by atoms with van der Waals surface area (Å²) in [5.41, 5.74) is 1.35. The van der Waals surface area contributed by atoms with Crippen LogP contribution < -0.4 is 10.9 Å². The van der Waals surface area contributed by atoms with Gasteiger partial charge in [0.2, 0.25) is 5.91 Å². The number of aromatic nitrogens is 2. The molecule has 2 aromatic carbocycles. The molecular formula is C21H23ClN4O2. The third kappa shape index (κ3) is 4.77. The van der Waals surface area contributed by atoms with E-state index in [1.165, 1.54) is 0 Å². The molecule has 2 N–H and O–H groups in total. The maximum absolute atomic E-state index is 12.5. The van der Waals surface area contributed by atoms with E-state index in [2.05, 4.69) is 15.3 Å². The van der Waals surface area contributed by atoms with Crippen LogP contribution in [0.25, 0.3) is 10.9 Å². The molecule has 3 rings (SSSR count).